The number of aromatic amines is 1. The lowest BCUT2D eigenvalue weighted by Gasteiger charge is -2.12. The Morgan fingerprint density at radius 3 is 3.23 bits per heavy atom. The second-order valence-electron chi connectivity index (χ2n) is 3.03. The summed E-state index contributed by atoms with van der Waals surface area (Å²) < 4.78 is 0. The molecule has 0 aromatic carbocycles. The molecule has 0 fully saturated rings. The smallest absolute Gasteiger partial charge is 0.260 e. The molecule has 0 saturated heterocycles. The highest BCUT2D eigenvalue weighted by atomic mass is 32.2. The number of nitrogens with two attached hydrogens (primary N) is 1. The van der Waals surface area contributed by atoms with Gasteiger partial charge in [0.05, 0.1) is 17.8 Å². The predicted octanol–water partition coefficient (Wildman–Crippen LogP) is -0.889. The molecule has 2 heterocycles. The van der Waals surface area contributed by atoms with Gasteiger partial charge in [-0.05, 0) is 6.26 Å². The summed E-state index contributed by atoms with van der Waals surface area (Å²) in [5.41, 5.74) is 1.87. The summed E-state index contributed by atoms with van der Waals surface area (Å²) in [6, 6.07) is 0. The van der Waals surface area contributed by atoms with Crippen molar-refractivity contribution >= 4 is 11.8 Å². The molecule has 3 N–H and O–H groups in total. The minimum absolute atomic E-state index is 0.0327. The van der Waals surface area contributed by atoms with Crippen molar-refractivity contribution in [2.24, 2.45) is 0 Å². The van der Waals surface area contributed by atoms with E-state index in [2.05, 4.69) is 15.3 Å². The van der Waals surface area contributed by atoms with Crippen LogP contribution in [0.3, 0.4) is 0 Å². The molecule has 1 aliphatic heterocycles. The minimum Gasteiger partial charge on any atom is -0.342 e. The Balaban J connectivity index is 2.53. The first-order chi connectivity index (χ1) is 6.31. The van der Waals surface area contributed by atoms with Crippen LogP contribution in [0.2, 0.25) is 0 Å². The van der Waals surface area contributed by atoms with Crippen molar-refractivity contribution in [3.8, 4) is 0 Å². The Morgan fingerprint density at radius 1 is 1.62 bits per heavy atom. The maximum absolute atomic E-state index is 11.5. The maximum atomic E-state index is 11.5. The standard InChI is InChI=1S/C8H11N3OS/c1-13-8-10-6-2-3-9-4-5(6)7(12)11-8/h9H,2-4H2,1H3,(H,10,11,12)/p+1. The van der Waals surface area contributed by atoms with Gasteiger partial charge in [-0.25, -0.2) is 4.98 Å². The van der Waals surface area contributed by atoms with E-state index in [-0.39, 0.29) is 5.56 Å². The average Bonchev–Trinajstić information content (AvgIpc) is 2.18. The Bertz CT molecular complexity index is 374. The van der Waals surface area contributed by atoms with E-state index in [1.807, 2.05) is 6.26 Å². The van der Waals surface area contributed by atoms with Gasteiger partial charge >= 0.3 is 0 Å². The lowest BCUT2D eigenvalue weighted by molar-refractivity contribution is -0.673. The van der Waals surface area contributed by atoms with E-state index < -0.39 is 0 Å². The fraction of sp³-hybridized carbons (Fsp3) is 0.500. The van der Waals surface area contributed by atoms with E-state index in [4.69, 9.17) is 0 Å². The number of nitrogens with one attached hydrogen (secondary N) is 1. The highest BCUT2D eigenvalue weighted by Crippen LogP contribution is 2.09. The Morgan fingerprint density at radius 2 is 2.46 bits per heavy atom. The highest BCUT2D eigenvalue weighted by Gasteiger charge is 2.16. The van der Waals surface area contributed by atoms with Crippen LogP contribution in [0.15, 0.2) is 9.95 Å². The van der Waals surface area contributed by atoms with Crippen LogP contribution < -0.4 is 10.9 Å². The Labute approximate surface area is 80.2 Å². The number of quaternary nitrogens is 1. The van der Waals surface area contributed by atoms with Crippen LogP contribution in [0.5, 0.6) is 0 Å². The summed E-state index contributed by atoms with van der Waals surface area (Å²) in [5, 5.41) is 2.86. The second-order valence-corrected chi connectivity index (χ2v) is 3.83. The molecule has 0 atom stereocenters. The number of thioether (sulfide) groups is 1. The molecule has 13 heavy (non-hydrogen) atoms. The van der Waals surface area contributed by atoms with Gasteiger partial charge in [0.25, 0.3) is 5.56 Å². The van der Waals surface area contributed by atoms with Gasteiger partial charge in [0.1, 0.15) is 6.54 Å². The number of rotatable bonds is 1. The lowest BCUT2D eigenvalue weighted by Crippen LogP contribution is -2.85. The third kappa shape index (κ3) is 1.62. The van der Waals surface area contributed by atoms with Crippen molar-refractivity contribution in [2.75, 3.05) is 12.8 Å². The number of aromatic nitrogens is 2. The Hall–Kier alpha value is -0.810. The summed E-state index contributed by atoms with van der Waals surface area (Å²) in [6.07, 6.45) is 2.83. The third-order valence-corrected chi connectivity index (χ3v) is 2.79. The fourth-order valence-electron chi connectivity index (χ4n) is 1.52. The van der Waals surface area contributed by atoms with Crippen molar-refractivity contribution in [1.29, 1.82) is 0 Å². The third-order valence-electron chi connectivity index (χ3n) is 2.21. The SMILES string of the molecule is CSc1nc2c(c(=O)[nH]1)C[NH2+]CC2. The van der Waals surface area contributed by atoms with Crippen molar-refractivity contribution in [2.45, 2.75) is 18.1 Å². The molecule has 0 unspecified atom stereocenters. The van der Waals surface area contributed by atoms with Crippen LogP contribution in [0.4, 0.5) is 0 Å². The quantitative estimate of drug-likeness (QED) is 0.454. The first kappa shape index (κ1) is 8.77. The van der Waals surface area contributed by atoms with Crippen LogP contribution >= 0.6 is 11.8 Å². The maximum Gasteiger partial charge on any atom is 0.260 e. The second kappa shape index (κ2) is 3.51. The largest absolute Gasteiger partial charge is 0.342 e. The first-order valence-corrected chi connectivity index (χ1v) is 5.51. The first-order valence-electron chi connectivity index (χ1n) is 4.29. The number of hydrogen-bond acceptors (Lipinski definition) is 3. The van der Waals surface area contributed by atoms with Gasteiger partial charge in [0, 0.05) is 6.42 Å². The summed E-state index contributed by atoms with van der Waals surface area (Å²) >= 11 is 1.48. The number of hydrogen-bond donors (Lipinski definition) is 2. The summed E-state index contributed by atoms with van der Waals surface area (Å²) in [5.74, 6) is 0. The molecule has 2 rings (SSSR count). The molecule has 1 aromatic rings. The molecule has 1 aliphatic rings. The molecule has 0 aliphatic carbocycles. The molecular formula is C8H12N3OS+. The highest BCUT2D eigenvalue weighted by molar-refractivity contribution is 7.98. The molecule has 0 radical (unpaired) electrons. The lowest BCUT2D eigenvalue weighted by atomic mass is 10.1. The van der Waals surface area contributed by atoms with Gasteiger partial charge in [-0.2, -0.15) is 0 Å². The molecule has 1 aromatic heterocycles. The molecule has 5 heteroatoms. The van der Waals surface area contributed by atoms with Crippen molar-refractivity contribution in [1.82, 2.24) is 9.97 Å². The van der Waals surface area contributed by atoms with Crippen LogP contribution in [-0.4, -0.2) is 22.8 Å². The minimum atomic E-state index is 0.0327. The van der Waals surface area contributed by atoms with Gasteiger partial charge in [-0.1, -0.05) is 11.8 Å². The zero-order valence-corrected chi connectivity index (χ0v) is 8.28. The van der Waals surface area contributed by atoms with E-state index in [0.717, 1.165) is 35.9 Å². The van der Waals surface area contributed by atoms with E-state index in [1.165, 1.54) is 11.8 Å². The van der Waals surface area contributed by atoms with Crippen LogP contribution in [-0.2, 0) is 13.0 Å². The number of fused-ring (bicyclic) bond motifs is 1. The average molecular weight is 198 g/mol. The summed E-state index contributed by atoms with van der Waals surface area (Å²) in [7, 11) is 0. The number of nitrogens with zero attached hydrogens (tertiary/aromatic N) is 1. The predicted molar refractivity (Wildman–Crippen MR) is 50.8 cm³/mol. The van der Waals surface area contributed by atoms with Gasteiger partial charge < -0.3 is 10.3 Å². The van der Waals surface area contributed by atoms with Crippen molar-refractivity contribution in [3.05, 3.63) is 21.6 Å². The fourth-order valence-corrected chi connectivity index (χ4v) is 1.92. The molecule has 0 bridgehead atoms. The molecular weight excluding hydrogens is 186 g/mol. The number of H-pyrrole nitrogens is 1. The van der Waals surface area contributed by atoms with Gasteiger partial charge in [0.15, 0.2) is 5.16 Å². The van der Waals surface area contributed by atoms with Gasteiger partial charge in [-0.15, -0.1) is 0 Å². The zero-order chi connectivity index (χ0) is 9.26. The van der Waals surface area contributed by atoms with E-state index >= 15 is 0 Å². The topological polar surface area (TPSA) is 62.4 Å². The molecule has 70 valence electrons. The van der Waals surface area contributed by atoms with Gasteiger partial charge in [-0.3, -0.25) is 4.79 Å². The molecule has 0 spiro atoms. The van der Waals surface area contributed by atoms with E-state index in [0.29, 0.717) is 0 Å². The molecule has 0 saturated carbocycles. The van der Waals surface area contributed by atoms with Crippen LogP contribution in [0, 0.1) is 0 Å². The molecule has 4 nitrogen and oxygen atoms in total. The van der Waals surface area contributed by atoms with E-state index in [1.54, 1.807) is 0 Å². The van der Waals surface area contributed by atoms with Crippen LogP contribution in [0.1, 0.15) is 11.3 Å². The monoisotopic (exact) mass is 198 g/mol. The molecule has 0 amide bonds. The normalized spacial score (nSPS) is 15.5. The zero-order valence-electron chi connectivity index (χ0n) is 7.46. The van der Waals surface area contributed by atoms with Crippen molar-refractivity contribution in [3.63, 3.8) is 0 Å². The van der Waals surface area contributed by atoms with E-state index in [9.17, 15) is 4.79 Å². The van der Waals surface area contributed by atoms with Gasteiger partial charge in [0.2, 0.25) is 0 Å². The Kier molecular flexibility index (Phi) is 2.37. The summed E-state index contributed by atoms with van der Waals surface area (Å²) in [4.78, 5) is 18.7. The summed E-state index contributed by atoms with van der Waals surface area (Å²) in [6.45, 7) is 1.81. The van der Waals surface area contributed by atoms with Crippen molar-refractivity contribution < 1.29 is 5.32 Å². The van der Waals surface area contributed by atoms with Crippen LogP contribution in [0.25, 0.3) is 0 Å².